The van der Waals surface area contributed by atoms with Crippen LogP contribution in [0.3, 0.4) is 0 Å². The Balaban J connectivity index is 2.74. The van der Waals surface area contributed by atoms with E-state index in [-0.39, 0.29) is 16.5 Å². The van der Waals surface area contributed by atoms with Crippen molar-refractivity contribution in [3.63, 3.8) is 0 Å². The zero-order chi connectivity index (χ0) is 9.35. The number of carbonyl (C=O) groups is 1. The number of hydrogen-bond donors (Lipinski definition) is 1. The summed E-state index contributed by atoms with van der Waals surface area (Å²) in [5.74, 6) is -1.67. The van der Waals surface area contributed by atoms with Gasteiger partial charge in [0.25, 0.3) is 0 Å². The smallest absolute Gasteiger partial charge is 0.303 e. The summed E-state index contributed by atoms with van der Waals surface area (Å²) in [6.07, 6.45) is 1.10. The number of aliphatic carboxylic acids is 1. The Kier molecular flexibility index (Phi) is 2.44. The van der Waals surface area contributed by atoms with E-state index in [9.17, 15) is 13.2 Å². The lowest BCUT2D eigenvalue weighted by Crippen LogP contribution is -2.10. The van der Waals surface area contributed by atoms with Gasteiger partial charge >= 0.3 is 5.97 Å². The predicted octanol–water partition coefficient (Wildman–Crippen LogP) is 0.586. The fourth-order valence-corrected chi connectivity index (χ4v) is 2.74. The van der Waals surface area contributed by atoms with Crippen LogP contribution in [0.2, 0.25) is 0 Å². The number of carboxylic acid groups (broad SMARTS) is 1. The van der Waals surface area contributed by atoms with E-state index in [4.69, 9.17) is 16.7 Å². The van der Waals surface area contributed by atoms with Crippen molar-refractivity contribution in [3.05, 3.63) is 10.4 Å². The molecule has 0 aliphatic carbocycles. The van der Waals surface area contributed by atoms with Crippen LogP contribution in [0.5, 0.6) is 0 Å². The average Bonchev–Trinajstić information content (AvgIpc) is 2.04. The summed E-state index contributed by atoms with van der Waals surface area (Å²) in [7, 11) is -3.36. The van der Waals surface area contributed by atoms with Gasteiger partial charge in [0.15, 0.2) is 9.84 Å². The zero-order valence-electron chi connectivity index (χ0n) is 6.03. The monoisotopic (exact) mass is 210 g/mol. The molecular formula is C6H7ClO4S. The van der Waals surface area contributed by atoms with Crippen molar-refractivity contribution in [1.29, 1.82) is 0 Å². The number of rotatable bonds is 2. The van der Waals surface area contributed by atoms with Gasteiger partial charge in [-0.05, 0) is 6.08 Å². The van der Waals surface area contributed by atoms with Gasteiger partial charge < -0.3 is 5.11 Å². The maximum Gasteiger partial charge on any atom is 0.303 e. The van der Waals surface area contributed by atoms with Crippen LogP contribution in [0, 0.1) is 5.92 Å². The highest BCUT2D eigenvalue weighted by atomic mass is 35.5. The van der Waals surface area contributed by atoms with Gasteiger partial charge in [-0.1, -0.05) is 11.6 Å². The highest BCUT2D eigenvalue weighted by Crippen LogP contribution is 2.27. The highest BCUT2D eigenvalue weighted by Gasteiger charge is 2.30. The third kappa shape index (κ3) is 1.98. The summed E-state index contributed by atoms with van der Waals surface area (Å²) in [6, 6.07) is 0. The van der Waals surface area contributed by atoms with Crippen LogP contribution in [0.25, 0.3) is 0 Å². The maximum atomic E-state index is 11.0. The standard InChI is InChI=1S/C6H7ClO4S/c7-5-1-4(2-6(8)9)3-12(5,10)11/h1,4H,2-3H2,(H,8,9)/t4-/m0/s1. The molecule has 1 atom stereocenters. The van der Waals surface area contributed by atoms with Crippen molar-refractivity contribution >= 4 is 27.4 Å². The van der Waals surface area contributed by atoms with Gasteiger partial charge in [0.2, 0.25) is 0 Å². The molecule has 0 fully saturated rings. The molecule has 68 valence electrons. The Morgan fingerprint density at radius 1 is 1.75 bits per heavy atom. The SMILES string of the molecule is O=C(O)C[C@@H]1C=C(Cl)S(=O)(=O)C1. The Morgan fingerprint density at radius 2 is 2.33 bits per heavy atom. The molecule has 1 heterocycles. The molecule has 0 aromatic rings. The van der Waals surface area contributed by atoms with Crippen LogP contribution in [-0.4, -0.2) is 25.2 Å². The second kappa shape index (κ2) is 3.06. The highest BCUT2D eigenvalue weighted by molar-refractivity contribution is 7.97. The van der Waals surface area contributed by atoms with Crippen molar-refractivity contribution in [2.75, 3.05) is 5.75 Å². The molecule has 1 rings (SSSR count). The van der Waals surface area contributed by atoms with E-state index in [0.717, 1.165) is 0 Å². The lowest BCUT2D eigenvalue weighted by molar-refractivity contribution is -0.137. The molecule has 0 amide bonds. The summed E-state index contributed by atoms with van der Waals surface area (Å²) < 4.78 is 21.7. The van der Waals surface area contributed by atoms with E-state index in [1.807, 2.05) is 0 Å². The van der Waals surface area contributed by atoms with Crippen LogP contribution in [-0.2, 0) is 14.6 Å². The normalized spacial score (nSPS) is 26.8. The molecule has 6 heteroatoms. The van der Waals surface area contributed by atoms with Gasteiger partial charge in [-0.25, -0.2) is 8.42 Å². The predicted molar refractivity (Wildman–Crippen MR) is 43.5 cm³/mol. The molecule has 0 aromatic carbocycles. The third-order valence-electron chi connectivity index (χ3n) is 1.53. The first-order valence-corrected chi connectivity index (χ1v) is 5.27. The molecule has 0 radical (unpaired) electrons. The summed E-state index contributed by atoms with van der Waals surface area (Å²) in [4.78, 5) is 10.2. The van der Waals surface area contributed by atoms with Crippen molar-refractivity contribution in [2.24, 2.45) is 5.92 Å². The fourth-order valence-electron chi connectivity index (χ4n) is 1.04. The topological polar surface area (TPSA) is 71.4 Å². The van der Waals surface area contributed by atoms with Crippen LogP contribution in [0.15, 0.2) is 10.4 Å². The second-order valence-electron chi connectivity index (χ2n) is 2.61. The van der Waals surface area contributed by atoms with Gasteiger partial charge in [0.1, 0.15) is 4.36 Å². The molecule has 1 N–H and O–H groups in total. The molecule has 0 spiro atoms. The summed E-state index contributed by atoms with van der Waals surface area (Å²) in [5, 5.41) is 8.36. The lowest BCUT2D eigenvalue weighted by atomic mass is 10.1. The minimum Gasteiger partial charge on any atom is -0.481 e. The molecule has 0 aromatic heterocycles. The van der Waals surface area contributed by atoms with Gasteiger partial charge in [-0.3, -0.25) is 4.79 Å². The van der Waals surface area contributed by atoms with E-state index < -0.39 is 21.7 Å². The van der Waals surface area contributed by atoms with Gasteiger partial charge in [-0.2, -0.15) is 0 Å². The maximum absolute atomic E-state index is 11.0. The molecule has 1 aliphatic heterocycles. The number of hydrogen-bond acceptors (Lipinski definition) is 3. The lowest BCUT2D eigenvalue weighted by Gasteiger charge is -1.99. The van der Waals surface area contributed by atoms with Gasteiger partial charge in [-0.15, -0.1) is 0 Å². The number of halogens is 1. The fraction of sp³-hybridized carbons (Fsp3) is 0.500. The molecule has 0 saturated carbocycles. The Morgan fingerprint density at radius 3 is 2.67 bits per heavy atom. The molecule has 0 unspecified atom stereocenters. The Labute approximate surface area is 74.8 Å². The Bertz CT molecular complexity index is 329. The zero-order valence-corrected chi connectivity index (χ0v) is 7.60. The second-order valence-corrected chi connectivity index (χ2v) is 5.24. The first kappa shape index (κ1) is 9.54. The van der Waals surface area contributed by atoms with Crippen molar-refractivity contribution in [3.8, 4) is 0 Å². The summed E-state index contributed by atoms with van der Waals surface area (Å²) in [5.41, 5.74) is 0. The van der Waals surface area contributed by atoms with Crippen molar-refractivity contribution < 1.29 is 18.3 Å². The quantitative estimate of drug-likeness (QED) is 0.724. The van der Waals surface area contributed by atoms with E-state index >= 15 is 0 Å². The van der Waals surface area contributed by atoms with E-state index in [2.05, 4.69) is 0 Å². The minimum absolute atomic E-state index is 0.182. The Hall–Kier alpha value is -0.550. The largest absolute Gasteiger partial charge is 0.481 e. The number of allylic oxidation sites excluding steroid dienone is 1. The van der Waals surface area contributed by atoms with Gasteiger partial charge in [0, 0.05) is 5.92 Å². The van der Waals surface area contributed by atoms with Crippen LogP contribution < -0.4 is 0 Å². The van der Waals surface area contributed by atoms with Crippen LogP contribution >= 0.6 is 11.6 Å². The number of carboxylic acids is 1. The molecular weight excluding hydrogens is 204 g/mol. The number of sulfone groups is 1. The molecule has 4 nitrogen and oxygen atoms in total. The van der Waals surface area contributed by atoms with Crippen molar-refractivity contribution in [2.45, 2.75) is 6.42 Å². The van der Waals surface area contributed by atoms with Gasteiger partial charge in [0.05, 0.1) is 12.2 Å². The van der Waals surface area contributed by atoms with E-state index in [0.29, 0.717) is 0 Å². The molecule has 1 aliphatic rings. The average molecular weight is 211 g/mol. The summed E-state index contributed by atoms with van der Waals surface area (Å²) in [6.45, 7) is 0. The third-order valence-corrected chi connectivity index (χ3v) is 3.96. The van der Waals surface area contributed by atoms with E-state index in [1.165, 1.54) is 6.08 Å². The van der Waals surface area contributed by atoms with Crippen molar-refractivity contribution in [1.82, 2.24) is 0 Å². The first-order chi connectivity index (χ1) is 5.42. The molecule has 0 saturated heterocycles. The minimum atomic E-state index is -3.36. The van der Waals surface area contributed by atoms with Crippen LogP contribution in [0.4, 0.5) is 0 Å². The molecule has 0 bridgehead atoms. The summed E-state index contributed by atoms with van der Waals surface area (Å²) >= 11 is 5.36. The first-order valence-electron chi connectivity index (χ1n) is 3.23. The van der Waals surface area contributed by atoms with E-state index in [1.54, 1.807) is 0 Å². The van der Waals surface area contributed by atoms with Crippen LogP contribution in [0.1, 0.15) is 6.42 Å². The molecule has 12 heavy (non-hydrogen) atoms.